The van der Waals surface area contributed by atoms with Crippen LogP contribution in [0.5, 0.6) is 0 Å². The number of nitrogens with one attached hydrogen (secondary N) is 2. The quantitative estimate of drug-likeness (QED) is 0.435. The lowest BCUT2D eigenvalue weighted by Crippen LogP contribution is -2.37. The molecule has 0 saturated carbocycles. The smallest absolute Gasteiger partial charge is 0.295 e. The van der Waals surface area contributed by atoms with Crippen molar-refractivity contribution >= 4 is 28.5 Å². The minimum atomic E-state index is -0.524. The normalized spacial score (nSPS) is 15.2. The summed E-state index contributed by atoms with van der Waals surface area (Å²) in [5.74, 6) is -1.21. The summed E-state index contributed by atoms with van der Waals surface area (Å²) in [6.07, 6.45) is 5.60. The van der Waals surface area contributed by atoms with Crippen LogP contribution in [0.4, 0.5) is 0 Å². The molecular weight excluding hydrogens is 414 g/mol. The van der Waals surface area contributed by atoms with E-state index in [1.165, 1.54) is 5.56 Å². The summed E-state index contributed by atoms with van der Waals surface area (Å²) in [6, 6.07) is 11.2. The zero-order valence-electron chi connectivity index (χ0n) is 19.5. The van der Waals surface area contributed by atoms with E-state index in [1.807, 2.05) is 32.9 Å². The molecule has 1 fully saturated rings. The maximum Gasteiger partial charge on any atom is 0.295 e. The van der Waals surface area contributed by atoms with E-state index in [2.05, 4.69) is 16.4 Å². The molecular formula is C27H31N3O3. The number of carbonyl (C=O) groups excluding carboxylic acids is 3. The van der Waals surface area contributed by atoms with E-state index in [9.17, 15) is 14.4 Å². The molecule has 0 bridgehead atoms. The van der Waals surface area contributed by atoms with Gasteiger partial charge in [-0.15, -0.1) is 0 Å². The number of hydrogen-bond donors (Lipinski definition) is 2. The molecule has 1 aliphatic heterocycles. The molecule has 1 aliphatic rings. The minimum absolute atomic E-state index is 0.161. The van der Waals surface area contributed by atoms with Crippen molar-refractivity contribution in [1.29, 1.82) is 0 Å². The highest BCUT2D eigenvalue weighted by Gasteiger charge is 2.26. The van der Waals surface area contributed by atoms with Gasteiger partial charge in [0.1, 0.15) is 0 Å². The third kappa shape index (κ3) is 4.85. The van der Waals surface area contributed by atoms with Gasteiger partial charge in [0.2, 0.25) is 0 Å². The van der Waals surface area contributed by atoms with Gasteiger partial charge in [0.25, 0.3) is 17.6 Å². The number of aromatic nitrogens is 1. The Bertz CT molecular complexity index is 1200. The van der Waals surface area contributed by atoms with Crippen LogP contribution in [0.15, 0.2) is 42.6 Å². The average Bonchev–Trinajstić information content (AvgIpc) is 3.02. The van der Waals surface area contributed by atoms with E-state index in [0.717, 1.165) is 42.3 Å². The molecule has 2 N–H and O–H groups in total. The zero-order valence-corrected chi connectivity index (χ0v) is 19.5. The Labute approximate surface area is 194 Å². The molecule has 33 heavy (non-hydrogen) atoms. The molecule has 172 valence electrons. The number of hydrogen-bond acceptors (Lipinski definition) is 3. The molecule has 6 heteroatoms. The summed E-state index contributed by atoms with van der Waals surface area (Å²) in [5, 5.41) is 3.64. The fraction of sp³-hybridized carbons (Fsp3) is 0.370. The summed E-state index contributed by atoms with van der Waals surface area (Å²) in [5.41, 5.74) is 4.87. The monoisotopic (exact) mass is 445 g/mol. The van der Waals surface area contributed by atoms with Gasteiger partial charge in [0.15, 0.2) is 0 Å². The minimum Gasteiger partial charge on any atom is -0.360 e. The SMILES string of the molecule is Cc1ccc([C@H](C)NC(=O)c2ccc3[nH]cc(C(=O)C(=O)N4CCCCCC4)c3c2)c(C)c1. The van der Waals surface area contributed by atoms with E-state index < -0.39 is 11.7 Å². The van der Waals surface area contributed by atoms with E-state index >= 15 is 0 Å². The van der Waals surface area contributed by atoms with Crippen LogP contribution >= 0.6 is 0 Å². The molecule has 2 amide bonds. The lowest BCUT2D eigenvalue weighted by Gasteiger charge is -2.19. The second kappa shape index (κ2) is 9.61. The number of carbonyl (C=O) groups is 3. The number of aryl methyl sites for hydroxylation is 2. The van der Waals surface area contributed by atoms with Crippen LogP contribution in [0.2, 0.25) is 0 Å². The molecule has 0 spiro atoms. The second-order valence-corrected chi connectivity index (χ2v) is 9.05. The first kappa shape index (κ1) is 22.8. The van der Waals surface area contributed by atoms with Crippen molar-refractivity contribution < 1.29 is 14.4 Å². The number of aromatic amines is 1. The maximum atomic E-state index is 13.0. The van der Waals surface area contributed by atoms with Crippen molar-refractivity contribution in [1.82, 2.24) is 15.2 Å². The van der Waals surface area contributed by atoms with E-state index in [0.29, 0.717) is 29.6 Å². The highest BCUT2D eigenvalue weighted by molar-refractivity contribution is 6.44. The van der Waals surface area contributed by atoms with Crippen molar-refractivity contribution in [2.45, 2.75) is 52.5 Å². The number of Topliss-reactive ketones (excluding diaryl/α,β-unsaturated/α-hetero) is 1. The van der Waals surface area contributed by atoms with Gasteiger partial charge < -0.3 is 15.2 Å². The number of amides is 2. The predicted octanol–water partition coefficient (Wildman–Crippen LogP) is 4.86. The standard InChI is InChI=1S/C27H31N3O3/c1-17-8-10-21(18(2)14-17)19(3)29-26(32)20-9-11-24-22(15-20)23(16-28-24)25(31)27(33)30-12-6-4-5-7-13-30/h8-11,14-16,19,28H,4-7,12-13H2,1-3H3,(H,29,32)/t19-/m0/s1. The number of likely N-dealkylation sites (tertiary alicyclic amines) is 1. The topological polar surface area (TPSA) is 82.3 Å². The largest absolute Gasteiger partial charge is 0.360 e. The lowest BCUT2D eigenvalue weighted by molar-refractivity contribution is -0.126. The first-order chi connectivity index (χ1) is 15.8. The van der Waals surface area contributed by atoms with Crippen LogP contribution in [0, 0.1) is 13.8 Å². The van der Waals surface area contributed by atoms with Crippen molar-refractivity contribution in [3.05, 3.63) is 70.4 Å². The van der Waals surface area contributed by atoms with Gasteiger partial charge in [-0.25, -0.2) is 0 Å². The Kier molecular flexibility index (Phi) is 6.63. The number of ketones is 1. The van der Waals surface area contributed by atoms with Crippen molar-refractivity contribution in [3.63, 3.8) is 0 Å². The van der Waals surface area contributed by atoms with E-state index in [1.54, 1.807) is 29.3 Å². The molecule has 1 saturated heterocycles. The molecule has 1 atom stereocenters. The van der Waals surface area contributed by atoms with Crippen molar-refractivity contribution in [2.75, 3.05) is 13.1 Å². The first-order valence-corrected chi connectivity index (χ1v) is 11.7. The number of rotatable bonds is 5. The van der Waals surface area contributed by atoms with Crippen LogP contribution in [0.3, 0.4) is 0 Å². The van der Waals surface area contributed by atoms with Gasteiger partial charge in [-0.2, -0.15) is 0 Å². The molecule has 0 radical (unpaired) electrons. The van der Waals surface area contributed by atoms with Gasteiger partial charge in [-0.05, 0) is 62.9 Å². The molecule has 0 aliphatic carbocycles. The molecule has 2 aromatic carbocycles. The molecule has 2 heterocycles. The number of fused-ring (bicyclic) bond motifs is 1. The van der Waals surface area contributed by atoms with Gasteiger partial charge in [0, 0.05) is 35.8 Å². The summed E-state index contributed by atoms with van der Waals surface area (Å²) >= 11 is 0. The van der Waals surface area contributed by atoms with Gasteiger partial charge in [-0.3, -0.25) is 14.4 Å². The summed E-state index contributed by atoms with van der Waals surface area (Å²) in [6.45, 7) is 7.28. The highest BCUT2D eigenvalue weighted by atomic mass is 16.2. The Morgan fingerprint density at radius 3 is 2.39 bits per heavy atom. The van der Waals surface area contributed by atoms with E-state index in [4.69, 9.17) is 0 Å². The highest BCUT2D eigenvalue weighted by Crippen LogP contribution is 2.23. The summed E-state index contributed by atoms with van der Waals surface area (Å²) < 4.78 is 0. The molecule has 0 unspecified atom stereocenters. The molecule has 3 aromatic rings. The Morgan fingerprint density at radius 2 is 1.70 bits per heavy atom. The molecule has 4 rings (SSSR count). The Hall–Kier alpha value is -3.41. The average molecular weight is 446 g/mol. The fourth-order valence-corrected chi connectivity index (χ4v) is 4.65. The van der Waals surface area contributed by atoms with Crippen LogP contribution < -0.4 is 5.32 Å². The van der Waals surface area contributed by atoms with Gasteiger partial charge in [0.05, 0.1) is 11.6 Å². The third-order valence-corrected chi connectivity index (χ3v) is 6.52. The van der Waals surface area contributed by atoms with Gasteiger partial charge in [-0.1, -0.05) is 36.6 Å². The molecule has 1 aromatic heterocycles. The van der Waals surface area contributed by atoms with Crippen LogP contribution in [-0.2, 0) is 4.79 Å². The van der Waals surface area contributed by atoms with Crippen LogP contribution in [-0.4, -0.2) is 40.6 Å². The molecule has 6 nitrogen and oxygen atoms in total. The number of nitrogens with zero attached hydrogens (tertiary/aromatic N) is 1. The van der Waals surface area contributed by atoms with E-state index in [-0.39, 0.29) is 11.9 Å². The van der Waals surface area contributed by atoms with Crippen molar-refractivity contribution in [2.24, 2.45) is 0 Å². The zero-order chi connectivity index (χ0) is 23.5. The lowest BCUT2D eigenvalue weighted by atomic mass is 9.99. The number of benzene rings is 2. The predicted molar refractivity (Wildman–Crippen MR) is 129 cm³/mol. The maximum absolute atomic E-state index is 13.0. The van der Waals surface area contributed by atoms with Crippen LogP contribution in [0.25, 0.3) is 10.9 Å². The second-order valence-electron chi connectivity index (χ2n) is 9.05. The van der Waals surface area contributed by atoms with Gasteiger partial charge >= 0.3 is 0 Å². The Morgan fingerprint density at radius 1 is 0.970 bits per heavy atom. The Balaban J connectivity index is 1.55. The van der Waals surface area contributed by atoms with Crippen LogP contribution in [0.1, 0.15) is 76.1 Å². The fourth-order valence-electron chi connectivity index (χ4n) is 4.65. The van der Waals surface area contributed by atoms with Crippen molar-refractivity contribution in [3.8, 4) is 0 Å². The summed E-state index contributed by atoms with van der Waals surface area (Å²) in [4.78, 5) is 43.6. The first-order valence-electron chi connectivity index (χ1n) is 11.7. The third-order valence-electron chi connectivity index (χ3n) is 6.52. The number of H-pyrrole nitrogens is 1. The summed E-state index contributed by atoms with van der Waals surface area (Å²) in [7, 11) is 0.